The fraction of sp³-hybridized carbons (Fsp3) is 0.435. The molecule has 2 aliphatic rings. The van der Waals surface area contributed by atoms with Crippen LogP contribution in [0.5, 0.6) is 0 Å². The molecule has 2 fully saturated rings. The molecule has 8 heteroatoms. The van der Waals surface area contributed by atoms with E-state index in [1.54, 1.807) is 12.5 Å². The first-order valence-electron chi connectivity index (χ1n) is 10.5. The van der Waals surface area contributed by atoms with Crippen LogP contribution in [-0.4, -0.2) is 55.5 Å². The van der Waals surface area contributed by atoms with Crippen LogP contribution in [0.4, 0.5) is 5.82 Å². The number of aliphatic hydroxyl groups excluding tert-OH is 2. The number of fused-ring (bicyclic) bond motifs is 2. The summed E-state index contributed by atoms with van der Waals surface area (Å²) in [5.74, 6) is 1.86. The van der Waals surface area contributed by atoms with Crippen molar-refractivity contribution in [3.63, 3.8) is 0 Å². The highest BCUT2D eigenvalue weighted by Gasteiger charge is 2.43. The third kappa shape index (κ3) is 4.13. The molecule has 0 radical (unpaired) electrons. The molecule has 3 aromatic rings. The average molecular weight is 425 g/mol. The second kappa shape index (κ2) is 9.03. The Kier molecular flexibility index (Phi) is 6.20. The Bertz CT molecular complexity index is 1040. The normalized spacial score (nSPS) is 25.1. The number of carboxylic acid groups (broad SMARTS) is 1. The van der Waals surface area contributed by atoms with E-state index < -0.39 is 0 Å². The molecule has 31 heavy (non-hydrogen) atoms. The first kappa shape index (κ1) is 21.3. The second-order valence-corrected chi connectivity index (χ2v) is 8.42. The van der Waals surface area contributed by atoms with Crippen LogP contribution in [-0.2, 0) is 11.4 Å². The summed E-state index contributed by atoms with van der Waals surface area (Å²) in [5.41, 5.74) is 3.03. The number of benzene rings is 1. The molecule has 1 aliphatic carbocycles. The van der Waals surface area contributed by atoms with E-state index in [0.29, 0.717) is 11.8 Å². The van der Waals surface area contributed by atoms with Gasteiger partial charge in [-0.1, -0.05) is 18.2 Å². The van der Waals surface area contributed by atoms with Gasteiger partial charge in [0.25, 0.3) is 6.47 Å². The van der Waals surface area contributed by atoms with E-state index >= 15 is 0 Å². The van der Waals surface area contributed by atoms with Crippen molar-refractivity contribution >= 4 is 23.2 Å². The summed E-state index contributed by atoms with van der Waals surface area (Å²) < 4.78 is 2.04. The molecule has 5 rings (SSSR count). The molecule has 0 spiro atoms. The zero-order chi connectivity index (χ0) is 22.0. The zero-order valence-corrected chi connectivity index (χ0v) is 17.5. The molecule has 0 amide bonds. The molecular formula is C23H28N4O4. The first-order valence-corrected chi connectivity index (χ1v) is 10.5. The lowest BCUT2D eigenvalue weighted by Crippen LogP contribution is -2.35. The van der Waals surface area contributed by atoms with Crippen LogP contribution in [0.2, 0.25) is 0 Å². The molecule has 0 bridgehead atoms. The minimum atomic E-state index is -0.348. The van der Waals surface area contributed by atoms with Crippen LogP contribution < -0.4 is 4.90 Å². The van der Waals surface area contributed by atoms with Gasteiger partial charge in [-0.25, -0.2) is 9.97 Å². The molecule has 0 unspecified atom stereocenters. The SMILES string of the molecule is Cc1cccc2cc(CO)c(N3C[C@H]4C[C@@H](n5ccnc5)[C@H](O)C[C@H]4C3)nc12.O=CO. The van der Waals surface area contributed by atoms with Crippen molar-refractivity contribution < 1.29 is 20.1 Å². The van der Waals surface area contributed by atoms with E-state index in [1.165, 1.54) is 0 Å². The molecule has 4 atom stereocenters. The molecule has 164 valence electrons. The Hall–Kier alpha value is -2.97. The Morgan fingerprint density at radius 3 is 2.65 bits per heavy atom. The maximum Gasteiger partial charge on any atom is 0.290 e. The lowest BCUT2D eigenvalue weighted by atomic mass is 9.77. The van der Waals surface area contributed by atoms with Gasteiger partial charge in [-0.2, -0.15) is 0 Å². The van der Waals surface area contributed by atoms with Crippen molar-refractivity contribution in [2.24, 2.45) is 11.8 Å². The van der Waals surface area contributed by atoms with E-state index in [9.17, 15) is 10.2 Å². The van der Waals surface area contributed by atoms with Crippen molar-refractivity contribution in [2.45, 2.75) is 38.5 Å². The number of aliphatic hydroxyl groups is 2. The number of rotatable bonds is 3. The van der Waals surface area contributed by atoms with Crippen molar-refractivity contribution in [3.05, 3.63) is 54.1 Å². The van der Waals surface area contributed by atoms with Gasteiger partial charge in [-0.05, 0) is 43.2 Å². The number of aromatic nitrogens is 3. The highest BCUT2D eigenvalue weighted by atomic mass is 16.3. The number of pyridine rings is 1. The standard InChI is InChI=1S/C22H26N4O2.CH2O2/c1-14-3-2-4-15-7-18(12-27)22(24-21(14)15)26-10-16-8-19(25-6-5-23-13-25)20(28)9-17(16)11-26;2-1-3/h2-7,13,16-17,19-20,27-28H,8-12H2,1H3;1H,(H,2,3)/t16-,17+,19-,20-;/m1./s1. The summed E-state index contributed by atoms with van der Waals surface area (Å²) in [6.07, 6.45) is 6.91. The van der Waals surface area contributed by atoms with Gasteiger partial charge in [0.2, 0.25) is 0 Å². The summed E-state index contributed by atoms with van der Waals surface area (Å²) in [6, 6.07) is 8.31. The third-order valence-electron chi connectivity index (χ3n) is 6.59. The number of imidazole rings is 1. The summed E-state index contributed by atoms with van der Waals surface area (Å²) in [6.45, 7) is 3.61. The smallest absolute Gasteiger partial charge is 0.290 e. The Morgan fingerprint density at radius 1 is 1.23 bits per heavy atom. The minimum absolute atomic E-state index is 0.0155. The van der Waals surface area contributed by atoms with E-state index in [-0.39, 0.29) is 25.2 Å². The van der Waals surface area contributed by atoms with Crippen LogP contribution in [0.1, 0.15) is 30.0 Å². The molecule has 1 aliphatic heterocycles. The molecule has 1 aromatic carbocycles. The number of para-hydroxylation sites is 1. The van der Waals surface area contributed by atoms with Crippen LogP contribution in [0.25, 0.3) is 10.9 Å². The van der Waals surface area contributed by atoms with Gasteiger partial charge in [0.05, 0.1) is 30.6 Å². The number of aryl methyl sites for hydroxylation is 1. The van der Waals surface area contributed by atoms with Crippen LogP contribution in [0.3, 0.4) is 0 Å². The largest absolute Gasteiger partial charge is 0.483 e. The lowest BCUT2D eigenvalue weighted by Gasteiger charge is -2.35. The minimum Gasteiger partial charge on any atom is -0.483 e. The highest BCUT2D eigenvalue weighted by Crippen LogP contribution is 2.43. The van der Waals surface area contributed by atoms with Gasteiger partial charge in [0, 0.05) is 36.4 Å². The van der Waals surface area contributed by atoms with Gasteiger partial charge in [0.1, 0.15) is 5.82 Å². The summed E-state index contributed by atoms with van der Waals surface area (Å²) in [4.78, 5) is 19.8. The number of hydrogen-bond acceptors (Lipinski definition) is 6. The van der Waals surface area contributed by atoms with Gasteiger partial charge >= 0.3 is 0 Å². The van der Waals surface area contributed by atoms with Gasteiger partial charge in [0.15, 0.2) is 0 Å². The number of carbonyl (C=O) groups is 1. The van der Waals surface area contributed by atoms with Gasteiger partial charge in [-0.15, -0.1) is 0 Å². The Labute approximate surface area is 180 Å². The molecular weight excluding hydrogens is 396 g/mol. The third-order valence-corrected chi connectivity index (χ3v) is 6.59. The van der Waals surface area contributed by atoms with Crippen molar-refractivity contribution in [1.82, 2.24) is 14.5 Å². The molecule has 2 aromatic heterocycles. The monoisotopic (exact) mass is 424 g/mol. The van der Waals surface area contributed by atoms with E-state index in [4.69, 9.17) is 14.9 Å². The molecule has 1 saturated carbocycles. The highest BCUT2D eigenvalue weighted by molar-refractivity contribution is 5.84. The maximum atomic E-state index is 10.7. The Morgan fingerprint density at radius 2 is 1.97 bits per heavy atom. The fourth-order valence-electron chi connectivity index (χ4n) is 5.14. The van der Waals surface area contributed by atoms with Gasteiger partial charge in [-0.3, -0.25) is 4.79 Å². The number of anilines is 1. The van der Waals surface area contributed by atoms with Crippen molar-refractivity contribution in [2.75, 3.05) is 18.0 Å². The predicted octanol–water partition coefficient (Wildman–Crippen LogP) is 2.38. The second-order valence-electron chi connectivity index (χ2n) is 8.42. The molecule has 3 heterocycles. The Balaban J connectivity index is 0.000000730. The van der Waals surface area contributed by atoms with Crippen molar-refractivity contribution in [1.29, 1.82) is 0 Å². The van der Waals surface area contributed by atoms with Crippen LogP contribution in [0.15, 0.2) is 43.0 Å². The molecule has 1 saturated heterocycles. The fourth-order valence-corrected chi connectivity index (χ4v) is 5.14. The molecule has 3 N–H and O–H groups in total. The number of hydrogen-bond donors (Lipinski definition) is 3. The number of nitrogens with zero attached hydrogens (tertiary/aromatic N) is 4. The van der Waals surface area contributed by atoms with Crippen LogP contribution in [0, 0.1) is 18.8 Å². The first-order chi connectivity index (χ1) is 15.0. The van der Waals surface area contributed by atoms with Crippen molar-refractivity contribution in [3.8, 4) is 0 Å². The quantitative estimate of drug-likeness (QED) is 0.554. The summed E-state index contributed by atoms with van der Waals surface area (Å²) in [5, 5.41) is 28.6. The summed E-state index contributed by atoms with van der Waals surface area (Å²) >= 11 is 0. The van der Waals surface area contributed by atoms with Crippen LogP contribution >= 0.6 is 0 Å². The van der Waals surface area contributed by atoms with Gasteiger partial charge < -0.3 is 24.8 Å². The van der Waals surface area contributed by atoms with E-state index in [2.05, 4.69) is 28.9 Å². The maximum absolute atomic E-state index is 10.7. The lowest BCUT2D eigenvalue weighted by molar-refractivity contribution is -0.122. The van der Waals surface area contributed by atoms with E-state index in [0.717, 1.165) is 53.8 Å². The van der Waals surface area contributed by atoms with E-state index in [1.807, 2.05) is 22.9 Å². The topological polar surface area (TPSA) is 112 Å². The average Bonchev–Trinajstić information content (AvgIpc) is 3.43. The predicted molar refractivity (Wildman–Crippen MR) is 117 cm³/mol. The zero-order valence-electron chi connectivity index (χ0n) is 17.5. The molecule has 8 nitrogen and oxygen atoms in total. The summed E-state index contributed by atoms with van der Waals surface area (Å²) in [7, 11) is 0.